The Morgan fingerprint density at radius 1 is 1.17 bits per heavy atom. The minimum absolute atomic E-state index is 0.940. The number of halogens is 1. The Labute approximate surface area is 156 Å². The number of aryl methyl sites for hydroxylation is 2. The molecule has 4 rings (SSSR count). The van der Waals surface area contributed by atoms with Crippen molar-refractivity contribution >= 4 is 61.3 Å². The Hall–Kier alpha value is -1.76. The number of thiazole rings is 1. The minimum atomic E-state index is 0.940. The average molecular weight is 416 g/mol. The zero-order valence-electron chi connectivity index (χ0n) is 13.2. The number of hydrogen-bond donors (Lipinski definition) is 0. The number of benzene rings is 1. The van der Waals surface area contributed by atoms with Crippen LogP contribution in [-0.2, 0) is 7.05 Å². The molecule has 0 radical (unpaired) electrons. The molecule has 24 heavy (non-hydrogen) atoms. The fourth-order valence-electron chi connectivity index (χ4n) is 2.63. The number of imidazole rings is 1. The Morgan fingerprint density at radius 3 is 2.67 bits per heavy atom. The van der Waals surface area contributed by atoms with E-state index in [0.29, 0.717) is 0 Å². The van der Waals surface area contributed by atoms with Gasteiger partial charge in [-0.25, -0.2) is 9.97 Å². The summed E-state index contributed by atoms with van der Waals surface area (Å²) in [6, 6.07) is 12.4. The summed E-state index contributed by atoms with van der Waals surface area (Å²) in [5.41, 5.74) is 4.22. The van der Waals surface area contributed by atoms with E-state index in [0.717, 1.165) is 36.9 Å². The molecule has 0 unspecified atom stereocenters. The Balaban J connectivity index is 1.94. The van der Waals surface area contributed by atoms with Gasteiger partial charge < -0.3 is 4.57 Å². The van der Waals surface area contributed by atoms with Crippen LogP contribution < -0.4 is 0 Å². The average Bonchev–Trinajstić information content (AvgIpc) is 3.26. The molecule has 3 nitrogen and oxygen atoms in total. The van der Waals surface area contributed by atoms with E-state index in [1.54, 1.807) is 22.7 Å². The van der Waals surface area contributed by atoms with Crippen molar-refractivity contribution < 1.29 is 0 Å². The van der Waals surface area contributed by atoms with Crippen molar-refractivity contribution in [1.82, 2.24) is 14.5 Å². The van der Waals surface area contributed by atoms with Gasteiger partial charge in [0, 0.05) is 23.0 Å². The van der Waals surface area contributed by atoms with E-state index in [1.165, 1.54) is 4.88 Å². The molecule has 120 valence electrons. The molecule has 0 fully saturated rings. The lowest BCUT2D eigenvalue weighted by Gasteiger charge is -2.05. The maximum atomic E-state index is 4.86. The molecule has 0 bridgehead atoms. The van der Waals surface area contributed by atoms with E-state index in [2.05, 4.69) is 57.2 Å². The van der Waals surface area contributed by atoms with Crippen molar-refractivity contribution in [2.45, 2.75) is 6.92 Å². The number of aromatic nitrogens is 3. The van der Waals surface area contributed by atoms with Crippen LogP contribution in [0.1, 0.15) is 21.4 Å². The number of hydrogen-bond acceptors (Lipinski definition) is 4. The highest BCUT2D eigenvalue weighted by Crippen LogP contribution is 2.32. The van der Waals surface area contributed by atoms with Crippen LogP contribution >= 0.6 is 38.6 Å². The second-order valence-corrected chi connectivity index (χ2v) is 8.83. The van der Waals surface area contributed by atoms with Gasteiger partial charge in [0.05, 0.1) is 20.4 Å². The summed E-state index contributed by atoms with van der Waals surface area (Å²) in [6.07, 6.45) is 2.18. The first-order chi connectivity index (χ1) is 11.6. The number of nitrogens with zero attached hydrogens (tertiary/aromatic N) is 3. The molecule has 0 atom stereocenters. The topological polar surface area (TPSA) is 30.7 Å². The van der Waals surface area contributed by atoms with E-state index < -0.39 is 0 Å². The summed E-state index contributed by atoms with van der Waals surface area (Å²) in [5.74, 6) is 0.940. The van der Waals surface area contributed by atoms with Crippen LogP contribution in [0.5, 0.6) is 0 Å². The van der Waals surface area contributed by atoms with Crippen LogP contribution in [-0.4, -0.2) is 14.5 Å². The van der Waals surface area contributed by atoms with E-state index in [9.17, 15) is 0 Å². The van der Waals surface area contributed by atoms with Gasteiger partial charge in [0.1, 0.15) is 10.8 Å². The highest BCUT2D eigenvalue weighted by atomic mass is 79.9. The van der Waals surface area contributed by atoms with Crippen LogP contribution in [0.3, 0.4) is 0 Å². The number of fused-ring (bicyclic) bond motifs is 1. The molecule has 3 aromatic heterocycles. The quantitative estimate of drug-likeness (QED) is 0.426. The fraction of sp³-hybridized carbons (Fsp3) is 0.111. The first-order valence-electron chi connectivity index (χ1n) is 7.43. The fourth-order valence-corrected chi connectivity index (χ4v) is 4.81. The van der Waals surface area contributed by atoms with E-state index >= 15 is 0 Å². The molecule has 0 N–H and O–H groups in total. The molecular weight excluding hydrogens is 402 g/mol. The first kappa shape index (κ1) is 15.7. The van der Waals surface area contributed by atoms with Crippen molar-refractivity contribution in [1.29, 1.82) is 0 Å². The second-order valence-electron chi connectivity index (χ2n) is 5.48. The van der Waals surface area contributed by atoms with Gasteiger partial charge in [-0.1, -0.05) is 12.1 Å². The van der Waals surface area contributed by atoms with Gasteiger partial charge in [-0.15, -0.1) is 22.7 Å². The molecule has 0 spiro atoms. The molecule has 3 heterocycles. The number of thiophene rings is 1. The smallest absolute Gasteiger partial charge is 0.143 e. The molecule has 0 aliphatic rings. The van der Waals surface area contributed by atoms with Gasteiger partial charge in [0.25, 0.3) is 0 Å². The second kappa shape index (κ2) is 6.27. The largest absolute Gasteiger partial charge is 0.327 e. The zero-order chi connectivity index (χ0) is 16.7. The third-order valence-corrected chi connectivity index (χ3v) is 6.32. The lowest BCUT2D eigenvalue weighted by atomic mass is 10.2. The molecule has 0 aliphatic heterocycles. The Morgan fingerprint density at radius 2 is 2.00 bits per heavy atom. The van der Waals surface area contributed by atoms with Crippen molar-refractivity contribution in [2.75, 3.05) is 0 Å². The summed E-state index contributed by atoms with van der Waals surface area (Å²) in [4.78, 5) is 10.7. The lowest BCUT2D eigenvalue weighted by Crippen LogP contribution is -1.98. The summed E-state index contributed by atoms with van der Waals surface area (Å²) in [7, 11) is 2.06. The van der Waals surface area contributed by atoms with Gasteiger partial charge >= 0.3 is 0 Å². The molecule has 0 saturated carbocycles. The molecule has 1 aromatic carbocycles. The molecule has 6 heteroatoms. The van der Waals surface area contributed by atoms with Crippen molar-refractivity contribution in [3.05, 3.63) is 67.0 Å². The van der Waals surface area contributed by atoms with Crippen LogP contribution in [0.2, 0.25) is 0 Å². The van der Waals surface area contributed by atoms with Crippen LogP contribution in [0.25, 0.3) is 22.7 Å². The van der Waals surface area contributed by atoms with Gasteiger partial charge in [-0.3, -0.25) is 0 Å². The van der Waals surface area contributed by atoms with E-state index in [-0.39, 0.29) is 0 Å². The molecule has 0 amide bonds. The van der Waals surface area contributed by atoms with Crippen molar-refractivity contribution in [3.8, 4) is 0 Å². The zero-order valence-corrected chi connectivity index (χ0v) is 16.4. The highest BCUT2D eigenvalue weighted by Gasteiger charge is 2.17. The SMILES string of the molecule is Cc1csc(/C(=C\c2ccc(Br)s2)c2nc3ccccc3n2C)n1. The minimum Gasteiger partial charge on any atom is -0.327 e. The van der Waals surface area contributed by atoms with Crippen molar-refractivity contribution in [2.24, 2.45) is 7.05 Å². The van der Waals surface area contributed by atoms with Crippen LogP contribution in [0.4, 0.5) is 0 Å². The molecule has 0 aliphatic carbocycles. The molecular formula is C18H14BrN3S2. The summed E-state index contributed by atoms with van der Waals surface area (Å²) in [5, 5.41) is 3.08. The summed E-state index contributed by atoms with van der Waals surface area (Å²) >= 11 is 6.90. The standard InChI is InChI=1S/C18H14BrN3S2/c1-11-10-23-18(20-11)13(9-12-7-8-16(19)24-12)17-21-14-5-3-4-6-15(14)22(17)2/h3-10H,1-2H3/b13-9-. The third-order valence-electron chi connectivity index (χ3n) is 3.76. The molecule has 4 aromatic rings. The number of para-hydroxylation sites is 2. The van der Waals surface area contributed by atoms with Gasteiger partial charge in [-0.2, -0.15) is 0 Å². The number of rotatable bonds is 3. The van der Waals surface area contributed by atoms with Crippen LogP contribution in [0.15, 0.2) is 45.6 Å². The Bertz CT molecular complexity index is 1060. The van der Waals surface area contributed by atoms with Gasteiger partial charge in [0.2, 0.25) is 0 Å². The first-order valence-corrected chi connectivity index (χ1v) is 9.92. The van der Waals surface area contributed by atoms with Gasteiger partial charge in [0.15, 0.2) is 0 Å². The van der Waals surface area contributed by atoms with E-state index in [1.807, 2.05) is 25.1 Å². The monoisotopic (exact) mass is 415 g/mol. The lowest BCUT2D eigenvalue weighted by molar-refractivity contribution is 0.922. The van der Waals surface area contributed by atoms with E-state index in [4.69, 9.17) is 9.97 Å². The Kier molecular flexibility index (Phi) is 4.12. The normalized spacial score (nSPS) is 12.2. The maximum Gasteiger partial charge on any atom is 0.143 e. The van der Waals surface area contributed by atoms with Crippen molar-refractivity contribution in [3.63, 3.8) is 0 Å². The maximum absolute atomic E-state index is 4.86. The van der Waals surface area contributed by atoms with Crippen LogP contribution in [0, 0.1) is 6.92 Å². The third kappa shape index (κ3) is 2.85. The predicted molar refractivity (Wildman–Crippen MR) is 107 cm³/mol. The van der Waals surface area contributed by atoms with Gasteiger partial charge in [-0.05, 0) is 53.2 Å². The summed E-state index contributed by atoms with van der Waals surface area (Å²) < 4.78 is 3.26. The summed E-state index contributed by atoms with van der Waals surface area (Å²) in [6.45, 7) is 2.02. The molecule has 0 saturated heterocycles. The predicted octanol–water partition coefficient (Wildman–Crippen LogP) is 5.75. The highest BCUT2D eigenvalue weighted by molar-refractivity contribution is 9.11.